The third-order valence-corrected chi connectivity index (χ3v) is 5.91. The predicted molar refractivity (Wildman–Crippen MR) is 118 cm³/mol. The molecule has 160 valence electrons. The van der Waals surface area contributed by atoms with E-state index in [4.69, 9.17) is 0 Å². The topological polar surface area (TPSA) is 66.3 Å². The minimum absolute atomic E-state index is 0.129. The fraction of sp³-hybridized carbons (Fsp3) is 0.320. The van der Waals surface area contributed by atoms with Gasteiger partial charge in [-0.3, -0.25) is 0 Å². The third-order valence-electron chi connectivity index (χ3n) is 5.91. The Bertz CT molecular complexity index is 1020. The number of nitrogens with zero attached hydrogens (tertiary/aromatic N) is 3. The average Bonchev–Trinajstić information content (AvgIpc) is 2.79. The third kappa shape index (κ3) is 5.45. The van der Waals surface area contributed by atoms with E-state index in [-0.39, 0.29) is 11.4 Å². The molecule has 0 amide bonds. The summed E-state index contributed by atoms with van der Waals surface area (Å²) in [6, 6.07) is 16.8. The Morgan fingerprint density at radius 1 is 1.00 bits per heavy atom. The summed E-state index contributed by atoms with van der Waals surface area (Å²) in [5.74, 6) is -0.0793. The lowest BCUT2D eigenvalue weighted by molar-refractivity contribution is 0.0694. The molecule has 0 bridgehead atoms. The zero-order chi connectivity index (χ0) is 21.6. The Hall–Kier alpha value is -3.28. The molecule has 1 fully saturated rings. The SMILES string of the molecule is O=C(O)c1cnc(N2CCC(Cc3ccccc3)CC2)nc1CCc1ccc(F)cc1. The normalized spacial score (nSPS) is 14.5. The van der Waals surface area contributed by atoms with E-state index in [1.54, 1.807) is 12.1 Å². The van der Waals surface area contributed by atoms with Crippen molar-refractivity contribution in [3.8, 4) is 0 Å². The van der Waals surface area contributed by atoms with Crippen molar-refractivity contribution >= 4 is 11.9 Å². The van der Waals surface area contributed by atoms with Gasteiger partial charge >= 0.3 is 5.97 Å². The zero-order valence-corrected chi connectivity index (χ0v) is 17.4. The molecule has 2 heterocycles. The number of aryl methyl sites for hydroxylation is 2. The summed E-state index contributed by atoms with van der Waals surface area (Å²) in [5.41, 5.74) is 2.96. The Balaban J connectivity index is 1.42. The highest BCUT2D eigenvalue weighted by Crippen LogP contribution is 2.25. The number of carboxylic acids is 1. The number of aromatic carboxylic acids is 1. The Morgan fingerprint density at radius 3 is 2.39 bits per heavy atom. The van der Waals surface area contributed by atoms with Gasteiger partial charge in [0.2, 0.25) is 5.95 Å². The quantitative estimate of drug-likeness (QED) is 0.608. The lowest BCUT2D eigenvalue weighted by atomic mass is 9.90. The summed E-state index contributed by atoms with van der Waals surface area (Å²) >= 11 is 0. The first-order valence-corrected chi connectivity index (χ1v) is 10.7. The van der Waals surface area contributed by atoms with Gasteiger partial charge in [0.25, 0.3) is 0 Å². The molecule has 31 heavy (non-hydrogen) atoms. The monoisotopic (exact) mass is 419 g/mol. The van der Waals surface area contributed by atoms with Gasteiger partial charge in [-0.2, -0.15) is 0 Å². The molecule has 1 aromatic heterocycles. The Kier molecular flexibility index (Phi) is 6.55. The number of carboxylic acid groups (broad SMARTS) is 1. The first kappa shape index (κ1) is 21.0. The van der Waals surface area contributed by atoms with Gasteiger partial charge in [0.05, 0.1) is 11.3 Å². The standard InChI is InChI=1S/C25H26FN3O2/c26-21-9-6-18(7-10-21)8-11-23-22(24(30)31)17-27-25(28-23)29-14-12-20(13-15-29)16-19-4-2-1-3-5-19/h1-7,9-10,17,20H,8,11-16H2,(H,30,31). The minimum atomic E-state index is -1.03. The van der Waals surface area contributed by atoms with Crippen molar-refractivity contribution in [3.05, 3.63) is 89.0 Å². The highest BCUT2D eigenvalue weighted by molar-refractivity contribution is 5.88. The van der Waals surface area contributed by atoms with Crippen LogP contribution in [-0.4, -0.2) is 34.1 Å². The average molecular weight is 420 g/mol. The molecule has 0 spiro atoms. The van der Waals surface area contributed by atoms with E-state index < -0.39 is 5.97 Å². The van der Waals surface area contributed by atoms with Crippen LogP contribution >= 0.6 is 0 Å². The highest BCUT2D eigenvalue weighted by Gasteiger charge is 2.23. The van der Waals surface area contributed by atoms with E-state index >= 15 is 0 Å². The first-order valence-electron chi connectivity index (χ1n) is 10.7. The van der Waals surface area contributed by atoms with Crippen LogP contribution in [0.1, 0.15) is 40.0 Å². The van der Waals surface area contributed by atoms with Crippen LogP contribution in [0.5, 0.6) is 0 Å². The first-order chi connectivity index (χ1) is 15.1. The number of rotatable bonds is 7. The van der Waals surface area contributed by atoms with Gasteiger partial charge in [0.1, 0.15) is 5.82 Å². The van der Waals surface area contributed by atoms with Crippen molar-refractivity contribution in [2.45, 2.75) is 32.1 Å². The Labute approximate surface area is 181 Å². The maximum atomic E-state index is 13.1. The van der Waals surface area contributed by atoms with Crippen LogP contribution in [0, 0.1) is 11.7 Å². The van der Waals surface area contributed by atoms with Crippen LogP contribution in [0.4, 0.5) is 10.3 Å². The van der Waals surface area contributed by atoms with Crippen LogP contribution in [0.3, 0.4) is 0 Å². The number of anilines is 1. The molecular weight excluding hydrogens is 393 g/mol. The van der Waals surface area contributed by atoms with E-state index in [1.807, 2.05) is 6.07 Å². The van der Waals surface area contributed by atoms with Crippen molar-refractivity contribution in [2.24, 2.45) is 5.92 Å². The van der Waals surface area contributed by atoms with Gasteiger partial charge in [-0.1, -0.05) is 42.5 Å². The largest absolute Gasteiger partial charge is 0.478 e. The summed E-state index contributed by atoms with van der Waals surface area (Å²) < 4.78 is 13.1. The maximum Gasteiger partial charge on any atom is 0.339 e. The van der Waals surface area contributed by atoms with E-state index in [9.17, 15) is 14.3 Å². The summed E-state index contributed by atoms with van der Waals surface area (Å²) in [5, 5.41) is 9.53. The maximum absolute atomic E-state index is 13.1. The lowest BCUT2D eigenvalue weighted by Crippen LogP contribution is -2.35. The number of hydrogen-bond acceptors (Lipinski definition) is 4. The van der Waals surface area contributed by atoms with E-state index in [1.165, 1.54) is 23.9 Å². The van der Waals surface area contributed by atoms with E-state index in [0.29, 0.717) is 30.4 Å². The van der Waals surface area contributed by atoms with E-state index in [2.05, 4.69) is 39.1 Å². The molecule has 0 unspecified atom stereocenters. The highest BCUT2D eigenvalue weighted by atomic mass is 19.1. The molecule has 2 aromatic carbocycles. The van der Waals surface area contributed by atoms with Gasteiger partial charge in [0.15, 0.2) is 0 Å². The number of aromatic nitrogens is 2. The smallest absolute Gasteiger partial charge is 0.339 e. The molecule has 3 aromatic rings. The van der Waals surface area contributed by atoms with Crippen molar-refractivity contribution in [3.63, 3.8) is 0 Å². The second-order valence-corrected chi connectivity index (χ2v) is 8.08. The van der Waals surface area contributed by atoms with Crippen molar-refractivity contribution in [1.29, 1.82) is 0 Å². The summed E-state index contributed by atoms with van der Waals surface area (Å²) in [4.78, 5) is 22.7. The second-order valence-electron chi connectivity index (χ2n) is 8.08. The van der Waals surface area contributed by atoms with Crippen molar-refractivity contribution < 1.29 is 14.3 Å². The summed E-state index contributed by atoms with van der Waals surface area (Å²) in [6.07, 6.45) is 5.67. The minimum Gasteiger partial charge on any atom is -0.478 e. The lowest BCUT2D eigenvalue weighted by Gasteiger charge is -2.32. The van der Waals surface area contributed by atoms with Crippen LogP contribution in [0.15, 0.2) is 60.8 Å². The van der Waals surface area contributed by atoms with Crippen molar-refractivity contribution in [1.82, 2.24) is 9.97 Å². The molecule has 0 saturated carbocycles. The molecule has 1 N–H and O–H groups in total. The number of benzene rings is 2. The predicted octanol–water partition coefficient (Wildman–Crippen LogP) is 4.56. The van der Waals surface area contributed by atoms with Crippen LogP contribution < -0.4 is 4.90 Å². The van der Waals surface area contributed by atoms with Gasteiger partial charge in [0, 0.05) is 19.3 Å². The number of piperidine rings is 1. The van der Waals surface area contributed by atoms with E-state index in [0.717, 1.165) is 37.9 Å². The van der Waals surface area contributed by atoms with Crippen LogP contribution in [-0.2, 0) is 19.3 Å². The summed E-state index contributed by atoms with van der Waals surface area (Å²) in [7, 11) is 0. The Morgan fingerprint density at radius 2 is 1.71 bits per heavy atom. The van der Waals surface area contributed by atoms with Gasteiger partial charge in [-0.15, -0.1) is 0 Å². The molecule has 6 heteroatoms. The molecule has 5 nitrogen and oxygen atoms in total. The van der Waals surface area contributed by atoms with Crippen molar-refractivity contribution in [2.75, 3.05) is 18.0 Å². The summed E-state index contributed by atoms with van der Waals surface area (Å²) in [6.45, 7) is 1.72. The van der Waals surface area contributed by atoms with Gasteiger partial charge in [-0.05, 0) is 61.3 Å². The zero-order valence-electron chi connectivity index (χ0n) is 17.4. The number of carbonyl (C=O) groups is 1. The molecule has 1 aliphatic heterocycles. The molecule has 0 aliphatic carbocycles. The molecular formula is C25H26FN3O2. The van der Waals surface area contributed by atoms with Gasteiger partial charge in [-0.25, -0.2) is 19.2 Å². The number of hydrogen-bond donors (Lipinski definition) is 1. The second kappa shape index (κ2) is 9.69. The molecule has 1 saturated heterocycles. The molecule has 0 radical (unpaired) electrons. The molecule has 0 atom stereocenters. The fourth-order valence-corrected chi connectivity index (χ4v) is 4.13. The fourth-order valence-electron chi connectivity index (χ4n) is 4.13. The molecule has 4 rings (SSSR count). The van der Waals surface area contributed by atoms with Crippen LogP contribution in [0.2, 0.25) is 0 Å². The number of halogens is 1. The molecule has 1 aliphatic rings. The van der Waals surface area contributed by atoms with Crippen LogP contribution in [0.25, 0.3) is 0 Å². The van der Waals surface area contributed by atoms with Gasteiger partial charge < -0.3 is 10.0 Å².